The molecule has 0 saturated carbocycles. The number of ether oxygens (including phenoxy) is 3. The Kier molecular flexibility index (Phi) is 5.85. The van der Waals surface area contributed by atoms with Crippen LogP contribution in [0.3, 0.4) is 0 Å². The van der Waals surface area contributed by atoms with Crippen molar-refractivity contribution in [1.82, 2.24) is 4.90 Å². The van der Waals surface area contributed by atoms with Crippen molar-refractivity contribution in [2.75, 3.05) is 19.8 Å². The molecule has 2 fully saturated rings. The zero-order chi connectivity index (χ0) is 22.1. The van der Waals surface area contributed by atoms with E-state index in [4.69, 9.17) is 14.2 Å². The lowest BCUT2D eigenvalue weighted by molar-refractivity contribution is -0.185. The van der Waals surface area contributed by atoms with E-state index in [-0.39, 0.29) is 37.9 Å². The summed E-state index contributed by atoms with van der Waals surface area (Å²) in [5, 5.41) is 9.66. The minimum absolute atomic E-state index is 0.0695. The van der Waals surface area contributed by atoms with Crippen LogP contribution >= 0.6 is 0 Å². The second kappa shape index (κ2) is 8.92. The van der Waals surface area contributed by atoms with Crippen LogP contribution in [0.2, 0.25) is 0 Å². The predicted molar refractivity (Wildman–Crippen MR) is 116 cm³/mol. The van der Waals surface area contributed by atoms with E-state index < -0.39 is 18.1 Å². The Hall–Kier alpha value is -2.90. The predicted octanol–water partition coefficient (Wildman–Crippen LogP) is 4.01. The van der Waals surface area contributed by atoms with E-state index in [1.165, 1.54) is 4.90 Å². The molecule has 0 radical (unpaired) electrons. The van der Waals surface area contributed by atoms with Crippen LogP contribution in [0.5, 0.6) is 0 Å². The van der Waals surface area contributed by atoms with Crippen molar-refractivity contribution in [3.63, 3.8) is 0 Å². The molecule has 2 aliphatic heterocycles. The van der Waals surface area contributed by atoms with Gasteiger partial charge in [0.25, 0.3) is 0 Å². The normalized spacial score (nSPS) is 24.8. The van der Waals surface area contributed by atoms with Gasteiger partial charge in [0.05, 0.1) is 12.6 Å². The summed E-state index contributed by atoms with van der Waals surface area (Å²) in [7, 11) is 0. The SMILES string of the molecule is O=C(O)[C@@H]1C[C@@H](OC2CCCCO2)CN1C(=O)OCC1c2ccccc2-c2ccccc21. The topological polar surface area (TPSA) is 85.3 Å². The summed E-state index contributed by atoms with van der Waals surface area (Å²) in [6, 6.07) is 15.3. The number of carbonyl (C=O) groups excluding carboxylic acids is 1. The molecule has 2 aromatic rings. The van der Waals surface area contributed by atoms with E-state index in [0.717, 1.165) is 41.5 Å². The molecule has 0 spiro atoms. The smallest absolute Gasteiger partial charge is 0.410 e. The van der Waals surface area contributed by atoms with Crippen LogP contribution in [0.15, 0.2) is 48.5 Å². The van der Waals surface area contributed by atoms with Gasteiger partial charge in [-0.1, -0.05) is 48.5 Å². The molecule has 5 rings (SSSR count). The number of carbonyl (C=O) groups is 2. The zero-order valence-corrected chi connectivity index (χ0v) is 17.8. The first-order chi connectivity index (χ1) is 15.6. The van der Waals surface area contributed by atoms with E-state index >= 15 is 0 Å². The average Bonchev–Trinajstić information content (AvgIpc) is 3.38. The summed E-state index contributed by atoms with van der Waals surface area (Å²) in [4.78, 5) is 26.0. The Balaban J connectivity index is 1.26. The van der Waals surface area contributed by atoms with Crippen LogP contribution in [-0.2, 0) is 19.0 Å². The third kappa shape index (κ3) is 3.98. The fourth-order valence-electron chi connectivity index (χ4n) is 5.04. The molecule has 2 saturated heterocycles. The Morgan fingerprint density at radius 1 is 1.03 bits per heavy atom. The summed E-state index contributed by atoms with van der Waals surface area (Å²) in [6.45, 7) is 0.996. The minimum atomic E-state index is -1.05. The van der Waals surface area contributed by atoms with Crippen molar-refractivity contribution >= 4 is 12.1 Å². The molecule has 3 aliphatic rings. The minimum Gasteiger partial charge on any atom is -0.480 e. The van der Waals surface area contributed by atoms with E-state index in [9.17, 15) is 14.7 Å². The maximum atomic E-state index is 12.9. The van der Waals surface area contributed by atoms with Crippen molar-refractivity contribution in [1.29, 1.82) is 0 Å². The molecule has 168 valence electrons. The summed E-state index contributed by atoms with van der Waals surface area (Å²) >= 11 is 0. The van der Waals surface area contributed by atoms with Gasteiger partial charge in [-0.25, -0.2) is 9.59 Å². The van der Waals surface area contributed by atoms with Gasteiger partial charge in [0.2, 0.25) is 0 Å². The van der Waals surface area contributed by atoms with Gasteiger partial charge >= 0.3 is 12.1 Å². The highest BCUT2D eigenvalue weighted by molar-refractivity contribution is 5.81. The summed E-state index contributed by atoms with van der Waals surface area (Å²) in [5.74, 6) is -1.12. The molecular formula is C25H27NO6. The molecular weight excluding hydrogens is 410 g/mol. The number of amides is 1. The van der Waals surface area contributed by atoms with Crippen molar-refractivity contribution in [3.8, 4) is 11.1 Å². The average molecular weight is 437 g/mol. The fraction of sp³-hybridized carbons (Fsp3) is 0.440. The monoisotopic (exact) mass is 437 g/mol. The number of carboxylic acid groups (broad SMARTS) is 1. The van der Waals surface area contributed by atoms with Crippen LogP contribution in [-0.4, -0.2) is 60.3 Å². The maximum Gasteiger partial charge on any atom is 0.410 e. The molecule has 1 amide bonds. The third-order valence-corrected chi connectivity index (χ3v) is 6.60. The highest BCUT2D eigenvalue weighted by atomic mass is 16.7. The summed E-state index contributed by atoms with van der Waals surface area (Å²) in [5.41, 5.74) is 4.53. The van der Waals surface area contributed by atoms with E-state index in [2.05, 4.69) is 24.3 Å². The van der Waals surface area contributed by atoms with E-state index in [1.54, 1.807) is 0 Å². The summed E-state index contributed by atoms with van der Waals surface area (Å²) < 4.78 is 17.2. The maximum absolute atomic E-state index is 12.9. The van der Waals surface area contributed by atoms with Gasteiger partial charge < -0.3 is 19.3 Å². The number of aliphatic carboxylic acids is 1. The number of hydrogen-bond donors (Lipinski definition) is 1. The number of rotatable bonds is 5. The Bertz CT molecular complexity index is 956. The Morgan fingerprint density at radius 3 is 2.34 bits per heavy atom. The second-order valence-corrected chi connectivity index (χ2v) is 8.60. The van der Waals surface area contributed by atoms with Crippen LogP contribution in [0.4, 0.5) is 4.79 Å². The third-order valence-electron chi connectivity index (χ3n) is 6.60. The molecule has 1 aliphatic carbocycles. The Morgan fingerprint density at radius 2 is 1.72 bits per heavy atom. The van der Waals surface area contributed by atoms with Gasteiger partial charge in [-0.15, -0.1) is 0 Å². The number of benzene rings is 2. The van der Waals surface area contributed by atoms with Crippen molar-refractivity contribution in [3.05, 3.63) is 59.7 Å². The van der Waals surface area contributed by atoms with Crippen LogP contribution < -0.4 is 0 Å². The molecule has 7 heteroatoms. The van der Waals surface area contributed by atoms with Gasteiger partial charge in [-0.2, -0.15) is 0 Å². The van der Waals surface area contributed by atoms with Gasteiger partial charge in [-0.3, -0.25) is 4.90 Å². The van der Waals surface area contributed by atoms with Crippen molar-refractivity contribution in [2.24, 2.45) is 0 Å². The molecule has 32 heavy (non-hydrogen) atoms. The quantitative estimate of drug-likeness (QED) is 0.761. The number of hydrogen-bond acceptors (Lipinski definition) is 5. The highest BCUT2D eigenvalue weighted by Crippen LogP contribution is 2.44. The zero-order valence-electron chi connectivity index (χ0n) is 17.8. The molecule has 7 nitrogen and oxygen atoms in total. The lowest BCUT2D eigenvalue weighted by Crippen LogP contribution is -2.41. The lowest BCUT2D eigenvalue weighted by atomic mass is 9.98. The number of carboxylic acids is 1. The van der Waals surface area contributed by atoms with Gasteiger partial charge in [-0.05, 0) is 41.5 Å². The van der Waals surface area contributed by atoms with Crippen LogP contribution in [0.1, 0.15) is 42.7 Å². The van der Waals surface area contributed by atoms with Gasteiger partial charge in [0.15, 0.2) is 6.29 Å². The van der Waals surface area contributed by atoms with Crippen molar-refractivity contribution in [2.45, 2.75) is 50.0 Å². The number of likely N-dealkylation sites (tertiary alicyclic amines) is 1. The van der Waals surface area contributed by atoms with Crippen molar-refractivity contribution < 1.29 is 28.9 Å². The molecule has 0 bridgehead atoms. The van der Waals surface area contributed by atoms with Gasteiger partial charge in [0.1, 0.15) is 12.6 Å². The largest absolute Gasteiger partial charge is 0.480 e. The molecule has 2 heterocycles. The first-order valence-corrected chi connectivity index (χ1v) is 11.2. The lowest BCUT2D eigenvalue weighted by Gasteiger charge is -2.26. The second-order valence-electron chi connectivity index (χ2n) is 8.60. The summed E-state index contributed by atoms with van der Waals surface area (Å²) in [6.07, 6.45) is 1.74. The molecule has 1 unspecified atom stereocenters. The number of nitrogens with zero attached hydrogens (tertiary/aromatic N) is 1. The molecule has 3 atom stereocenters. The standard InChI is InChI=1S/C25H27NO6/c27-24(28)22-13-16(32-23-11-5-6-12-30-23)14-26(22)25(29)31-15-21-19-9-3-1-7-17(19)18-8-2-4-10-20(18)21/h1-4,7-10,16,21-23H,5-6,11-15H2,(H,27,28)/t16-,22+,23?/m1/s1. The first-order valence-electron chi connectivity index (χ1n) is 11.2. The highest BCUT2D eigenvalue weighted by Gasteiger charge is 2.42. The first kappa shape index (κ1) is 21.0. The van der Waals surface area contributed by atoms with Crippen LogP contribution in [0.25, 0.3) is 11.1 Å². The van der Waals surface area contributed by atoms with E-state index in [1.807, 2.05) is 24.3 Å². The van der Waals surface area contributed by atoms with Gasteiger partial charge in [0, 0.05) is 18.9 Å². The van der Waals surface area contributed by atoms with Crippen LogP contribution in [0, 0.1) is 0 Å². The molecule has 0 aromatic heterocycles. The number of fused-ring (bicyclic) bond motifs is 3. The molecule has 2 aromatic carbocycles. The fourth-order valence-corrected chi connectivity index (χ4v) is 5.04. The molecule has 1 N–H and O–H groups in total. The van der Waals surface area contributed by atoms with E-state index in [0.29, 0.717) is 6.61 Å². The Labute approximate surface area is 186 Å².